The normalized spacial score (nSPS) is 10.5. The number of rotatable bonds is 5. The van der Waals surface area contributed by atoms with E-state index in [4.69, 9.17) is 0 Å². The Labute approximate surface area is 97.2 Å². The molecule has 90 valence electrons. The average Bonchev–Trinajstić information content (AvgIpc) is 2.56. The fourth-order valence-electron chi connectivity index (χ4n) is 1.83. The summed E-state index contributed by atoms with van der Waals surface area (Å²) in [5, 5.41) is 4.20. The van der Waals surface area contributed by atoms with Gasteiger partial charge in [-0.25, -0.2) is 0 Å². The monoisotopic (exact) mass is 223 g/mol. The van der Waals surface area contributed by atoms with Crippen LogP contribution in [0.3, 0.4) is 0 Å². The minimum Gasteiger partial charge on any atom is -0.339 e. The van der Waals surface area contributed by atoms with Gasteiger partial charge in [0.2, 0.25) is 0 Å². The predicted molar refractivity (Wildman–Crippen MR) is 64.4 cm³/mol. The Bertz CT molecular complexity index is 351. The molecule has 0 spiro atoms. The van der Waals surface area contributed by atoms with Crippen LogP contribution < -0.4 is 0 Å². The second-order valence-electron chi connectivity index (χ2n) is 4.09. The van der Waals surface area contributed by atoms with Gasteiger partial charge in [-0.1, -0.05) is 13.8 Å². The predicted octanol–water partition coefficient (Wildman–Crippen LogP) is 1.99. The van der Waals surface area contributed by atoms with Gasteiger partial charge in [0.15, 0.2) is 0 Å². The Morgan fingerprint density at radius 2 is 1.94 bits per heavy atom. The second kappa shape index (κ2) is 5.68. The third-order valence-electron chi connectivity index (χ3n) is 2.52. The van der Waals surface area contributed by atoms with Crippen molar-refractivity contribution in [2.24, 2.45) is 7.05 Å². The lowest BCUT2D eigenvalue weighted by Crippen LogP contribution is -2.32. The van der Waals surface area contributed by atoms with E-state index in [0.29, 0.717) is 0 Å². The summed E-state index contributed by atoms with van der Waals surface area (Å²) in [7, 11) is 1.84. The van der Waals surface area contributed by atoms with Crippen LogP contribution in [0, 0.1) is 6.92 Å². The van der Waals surface area contributed by atoms with Crippen LogP contribution >= 0.6 is 0 Å². The second-order valence-corrected chi connectivity index (χ2v) is 4.09. The van der Waals surface area contributed by atoms with E-state index in [2.05, 4.69) is 18.9 Å². The molecule has 1 heterocycles. The minimum absolute atomic E-state index is 0.106. The number of amides is 1. The van der Waals surface area contributed by atoms with Crippen molar-refractivity contribution in [1.82, 2.24) is 14.7 Å². The maximum atomic E-state index is 12.2. The molecule has 0 fully saturated rings. The topological polar surface area (TPSA) is 38.1 Å². The highest BCUT2D eigenvalue weighted by molar-refractivity contribution is 5.95. The van der Waals surface area contributed by atoms with Gasteiger partial charge in [-0.05, 0) is 19.8 Å². The minimum atomic E-state index is 0.106. The van der Waals surface area contributed by atoms with Crippen molar-refractivity contribution in [2.45, 2.75) is 33.6 Å². The van der Waals surface area contributed by atoms with E-state index in [1.807, 2.05) is 18.9 Å². The van der Waals surface area contributed by atoms with Crippen LogP contribution in [0.2, 0.25) is 0 Å². The van der Waals surface area contributed by atoms with Crippen LogP contribution in [0.4, 0.5) is 0 Å². The molecule has 16 heavy (non-hydrogen) atoms. The molecule has 4 nitrogen and oxygen atoms in total. The van der Waals surface area contributed by atoms with E-state index in [-0.39, 0.29) is 5.91 Å². The van der Waals surface area contributed by atoms with Gasteiger partial charge in [0.1, 0.15) is 0 Å². The van der Waals surface area contributed by atoms with Crippen LogP contribution in [0.1, 0.15) is 42.7 Å². The van der Waals surface area contributed by atoms with E-state index in [1.54, 1.807) is 10.9 Å². The Hall–Kier alpha value is -1.32. The van der Waals surface area contributed by atoms with E-state index in [0.717, 1.165) is 37.2 Å². The lowest BCUT2D eigenvalue weighted by atomic mass is 10.2. The van der Waals surface area contributed by atoms with Gasteiger partial charge in [-0.15, -0.1) is 0 Å². The molecule has 0 aliphatic heterocycles. The zero-order valence-corrected chi connectivity index (χ0v) is 10.7. The standard InChI is InChI=1S/C12H21N3O/c1-5-7-15(8-6-2)12(16)11-9-14(4)13-10(11)3/h9H,5-8H2,1-4H3. The van der Waals surface area contributed by atoms with Crippen LogP contribution in [0.15, 0.2) is 6.20 Å². The van der Waals surface area contributed by atoms with Gasteiger partial charge >= 0.3 is 0 Å². The van der Waals surface area contributed by atoms with Crippen molar-refractivity contribution in [2.75, 3.05) is 13.1 Å². The quantitative estimate of drug-likeness (QED) is 0.765. The van der Waals surface area contributed by atoms with Crippen LogP contribution in [-0.4, -0.2) is 33.7 Å². The number of aromatic nitrogens is 2. The van der Waals surface area contributed by atoms with Crippen molar-refractivity contribution < 1.29 is 4.79 Å². The number of hydrogen-bond acceptors (Lipinski definition) is 2. The van der Waals surface area contributed by atoms with Crippen molar-refractivity contribution >= 4 is 5.91 Å². The summed E-state index contributed by atoms with van der Waals surface area (Å²) in [6.45, 7) is 7.70. The van der Waals surface area contributed by atoms with E-state index in [9.17, 15) is 4.79 Å². The van der Waals surface area contributed by atoms with Gasteiger partial charge in [-0.3, -0.25) is 9.48 Å². The van der Waals surface area contributed by atoms with E-state index in [1.165, 1.54) is 0 Å². The number of aryl methyl sites for hydroxylation is 2. The molecule has 1 amide bonds. The van der Waals surface area contributed by atoms with Crippen molar-refractivity contribution in [3.8, 4) is 0 Å². The maximum absolute atomic E-state index is 12.2. The van der Waals surface area contributed by atoms with Gasteiger partial charge in [-0.2, -0.15) is 5.10 Å². The highest BCUT2D eigenvalue weighted by Gasteiger charge is 2.18. The summed E-state index contributed by atoms with van der Waals surface area (Å²) in [5.41, 5.74) is 1.54. The molecule has 0 bridgehead atoms. The molecule has 0 aliphatic rings. The molecule has 1 aromatic heterocycles. The lowest BCUT2D eigenvalue weighted by molar-refractivity contribution is 0.0755. The van der Waals surface area contributed by atoms with Gasteiger partial charge in [0.05, 0.1) is 11.3 Å². The Morgan fingerprint density at radius 3 is 2.31 bits per heavy atom. The van der Waals surface area contributed by atoms with E-state index < -0.39 is 0 Å². The molecule has 0 saturated heterocycles. The number of carbonyl (C=O) groups is 1. The number of nitrogens with zero attached hydrogens (tertiary/aromatic N) is 3. The van der Waals surface area contributed by atoms with Gasteiger partial charge < -0.3 is 4.90 Å². The smallest absolute Gasteiger partial charge is 0.257 e. The first kappa shape index (κ1) is 12.7. The van der Waals surface area contributed by atoms with Crippen molar-refractivity contribution in [3.05, 3.63) is 17.5 Å². The fraction of sp³-hybridized carbons (Fsp3) is 0.667. The SMILES string of the molecule is CCCN(CCC)C(=O)c1cn(C)nc1C. The molecule has 0 aliphatic carbocycles. The molecule has 0 unspecified atom stereocenters. The van der Waals surface area contributed by atoms with Crippen LogP contribution in [0.5, 0.6) is 0 Å². The molecular formula is C12H21N3O. The first-order chi connectivity index (χ1) is 7.60. The largest absolute Gasteiger partial charge is 0.339 e. The lowest BCUT2D eigenvalue weighted by Gasteiger charge is -2.20. The molecule has 0 aromatic carbocycles. The Morgan fingerprint density at radius 1 is 1.38 bits per heavy atom. The molecule has 0 N–H and O–H groups in total. The highest BCUT2D eigenvalue weighted by atomic mass is 16.2. The maximum Gasteiger partial charge on any atom is 0.257 e. The molecule has 0 radical (unpaired) electrons. The van der Waals surface area contributed by atoms with Gasteiger partial charge in [0, 0.05) is 26.3 Å². The van der Waals surface area contributed by atoms with Crippen molar-refractivity contribution in [3.63, 3.8) is 0 Å². The first-order valence-electron chi connectivity index (χ1n) is 5.89. The average molecular weight is 223 g/mol. The third kappa shape index (κ3) is 2.84. The molecule has 1 aromatic rings. The summed E-state index contributed by atoms with van der Waals surface area (Å²) < 4.78 is 1.69. The summed E-state index contributed by atoms with van der Waals surface area (Å²) in [4.78, 5) is 14.1. The van der Waals surface area contributed by atoms with Crippen LogP contribution in [0.25, 0.3) is 0 Å². The van der Waals surface area contributed by atoms with Gasteiger partial charge in [0.25, 0.3) is 5.91 Å². The highest BCUT2D eigenvalue weighted by Crippen LogP contribution is 2.10. The summed E-state index contributed by atoms with van der Waals surface area (Å²) in [6, 6.07) is 0. The van der Waals surface area contributed by atoms with E-state index >= 15 is 0 Å². The number of hydrogen-bond donors (Lipinski definition) is 0. The third-order valence-corrected chi connectivity index (χ3v) is 2.52. The molecule has 0 atom stereocenters. The first-order valence-corrected chi connectivity index (χ1v) is 5.89. The fourth-order valence-corrected chi connectivity index (χ4v) is 1.83. The molecule has 0 saturated carbocycles. The molecule has 1 rings (SSSR count). The Balaban J connectivity index is 2.85. The van der Waals surface area contributed by atoms with Crippen molar-refractivity contribution in [1.29, 1.82) is 0 Å². The zero-order chi connectivity index (χ0) is 12.1. The summed E-state index contributed by atoms with van der Waals surface area (Å²) in [6.07, 6.45) is 3.78. The zero-order valence-electron chi connectivity index (χ0n) is 10.7. The van der Waals surface area contributed by atoms with Crippen LogP contribution in [-0.2, 0) is 7.05 Å². The summed E-state index contributed by atoms with van der Waals surface area (Å²) >= 11 is 0. The molecule has 4 heteroatoms. The number of carbonyl (C=O) groups excluding carboxylic acids is 1. The summed E-state index contributed by atoms with van der Waals surface area (Å²) in [5.74, 6) is 0.106. The molecular weight excluding hydrogens is 202 g/mol. The Kier molecular flexibility index (Phi) is 4.52.